The Bertz CT molecular complexity index is 1050. The molecule has 1 aliphatic carbocycles. The van der Waals surface area contributed by atoms with Crippen molar-refractivity contribution in [2.24, 2.45) is 5.41 Å². The van der Waals surface area contributed by atoms with Crippen LogP contribution in [0.1, 0.15) is 45.5 Å². The summed E-state index contributed by atoms with van der Waals surface area (Å²) in [6, 6.07) is 7.82. The number of likely N-dealkylation sites (tertiary alicyclic amines) is 1. The summed E-state index contributed by atoms with van der Waals surface area (Å²) in [5.74, 6) is -2.10. The average molecular weight is 436 g/mol. The van der Waals surface area contributed by atoms with Crippen molar-refractivity contribution >= 4 is 11.8 Å². The number of carbonyl (C=O) groups is 2. The smallest absolute Gasteiger partial charge is 0.338 e. The van der Waals surface area contributed by atoms with Crippen LogP contribution in [-0.2, 0) is 30.4 Å². The second kappa shape index (κ2) is 7.64. The standard InChI is InChI=1S/C22H20F4N2O3/c23-18-9-13(1-4-17(18)22(24,25)26)12-28-8-7-21(20(28)30)6-5-14-2-3-15(19(29)27-31)10-16(14)11-21/h1-4,9-10,31H,5-8,11-12H2,(H,27,29)/t21-/m0/s1. The zero-order valence-electron chi connectivity index (χ0n) is 16.4. The Morgan fingerprint density at radius 1 is 1.13 bits per heavy atom. The van der Waals surface area contributed by atoms with Crippen LogP contribution in [0.15, 0.2) is 36.4 Å². The van der Waals surface area contributed by atoms with Gasteiger partial charge < -0.3 is 4.90 Å². The lowest BCUT2D eigenvalue weighted by Crippen LogP contribution is -2.38. The summed E-state index contributed by atoms with van der Waals surface area (Å²) in [5.41, 5.74) is 2.12. The van der Waals surface area contributed by atoms with Crippen molar-refractivity contribution in [2.75, 3.05) is 6.54 Å². The molecule has 1 saturated heterocycles. The van der Waals surface area contributed by atoms with Gasteiger partial charge in [-0.25, -0.2) is 9.87 Å². The monoisotopic (exact) mass is 436 g/mol. The van der Waals surface area contributed by atoms with Crippen molar-refractivity contribution < 1.29 is 32.4 Å². The molecule has 0 unspecified atom stereocenters. The number of rotatable bonds is 3. The molecule has 2 aromatic carbocycles. The summed E-state index contributed by atoms with van der Waals surface area (Å²) in [5, 5.41) is 8.85. The predicted octanol–water partition coefficient (Wildman–Crippen LogP) is 3.87. The van der Waals surface area contributed by atoms with Gasteiger partial charge in [0, 0.05) is 18.7 Å². The highest BCUT2D eigenvalue weighted by atomic mass is 19.4. The summed E-state index contributed by atoms with van der Waals surface area (Å²) >= 11 is 0. The quantitative estimate of drug-likeness (QED) is 0.436. The van der Waals surface area contributed by atoms with E-state index < -0.39 is 28.9 Å². The molecule has 9 heteroatoms. The van der Waals surface area contributed by atoms with Crippen LogP contribution in [0.25, 0.3) is 0 Å². The van der Waals surface area contributed by atoms with Crippen LogP contribution in [0, 0.1) is 11.2 Å². The number of amides is 2. The number of benzene rings is 2. The normalized spacial score (nSPS) is 20.8. The largest absolute Gasteiger partial charge is 0.419 e. The van der Waals surface area contributed by atoms with Crippen molar-refractivity contribution in [3.05, 3.63) is 70.0 Å². The fraction of sp³-hybridized carbons (Fsp3) is 0.364. The SMILES string of the molecule is O=C(NO)c1ccc2c(c1)C[C@]1(CC2)CCN(Cc2ccc(C(F)(F)F)c(F)c2)C1=O. The summed E-state index contributed by atoms with van der Waals surface area (Å²) in [4.78, 5) is 26.5. The third-order valence-electron chi connectivity index (χ3n) is 6.29. The molecule has 1 aliphatic heterocycles. The first-order valence-corrected chi connectivity index (χ1v) is 9.84. The van der Waals surface area contributed by atoms with Crippen molar-refractivity contribution in [1.29, 1.82) is 0 Å². The molecule has 0 saturated carbocycles. The Labute approximate surface area is 175 Å². The van der Waals surface area contributed by atoms with E-state index in [-0.39, 0.29) is 12.5 Å². The van der Waals surface area contributed by atoms with Crippen LogP contribution < -0.4 is 5.48 Å². The number of nitrogens with zero attached hydrogens (tertiary/aromatic N) is 1. The highest BCUT2D eigenvalue weighted by molar-refractivity contribution is 5.93. The van der Waals surface area contributed by atoms with E-state index in [1.165, 1.54) is 6.07 Å². The second-order valence-corrected chi connectivity index (χ2v) is 8.17. The van der Waals surface area contributed by atoms with E-state index in [0.717, 1.165) is 17.2 Å². The summed E-state index contributed by atoms with van der Waals surface area (Å²) < 4.78 is 52.2. The average Bonchev–Trinajstić information content (AvgIpc) is 3.01. The van der Waals surface area contributed by atoms with E-state index in [1.54, 1.807) is 22.5 Å². The number of hydroxylamine groups is 1. The van der Waals surface area contributed by atoms with Crippen LogP contribution in [0.3, 0.4) is 0 Å². The van der Waals surface area contributed by atoms with Crippen LogP contribution >= 0.6 is 0 Å². The van der Waals surface area contributed by atoms with Crippen LogP contribution in [0.2, 0.25) is 0 Å². The molecule has 2 aromatic rings. The zero-order valence-corrected chi connectivity index (χ0v) is 16.4. The molecule has 0 bridgehead atoms. The number of alkyl halides is 3. The van der Waals surface area contributed by atoms with Crippen LogP contribution in [-0.4, -0.2) is 28.5 Å². The van der Waals surface area contributed by atoms with Gasteiger partial charge in [-0.3, -0.25) is 14.8 Å². The van der Waals surface area contributed by atoms with E-state index in [1.807, 2.05) is 6.07 Å². The molecule has 0 radical (unpaired) electrons. The number of halogens is 4. The lowest BCUT2D eigenvalue weighted by atomic mass is 9.70. The van der Waals surface area contributed by atoms with E-state index in [4.69, 9.17) is 5.21 Å². The van der Waals surface area contributed by atoms with E-state index in [2.05, 4.69) is 0 Å². The summed E-state index contributed by atoms with van der Waals surface area (Å²) in [7, 11) is 0. The zero-order chi connectivity index (χ0) is 22.4. The molecule has 2 N–H and O–H groups in total. The predicted molar refractivity (Wildman–Crippen MR) is 102 cm³/mol. The molecule has 0 aromatic heterocycles. The van der Waals surface area contributed by atoms with Gasteiger partial charge in [0.1, 0.15) is 5.82 Å². The molecule has 2 aliphatic rings. The fourth-order valence-electron chi connectivity index (χ4n) is 4.61. The summed E-state index contributed by atoms with van der Waals surface area (Å²) in [6.45, 7) is 0.461. The van der Waals surface area contributed by atoms with Gasteiger partial charge in [0.25, 0.3) is 5.91 Å². The van der Waals surface area contributed by atoms with E-state index >= 15 is 0 Å². The molecule has 1 atom stereocenters. The number of hydrogen-bond donors (Lipinski definition) is 2. The number of nitrogens with one attached hydrogen (secondary N) is 1. The minimum absolute atomic E-state index is 0.0372. The van der Waals surface area contributed by atoms with E-state index in [0.29, 0.717) is 49.4 Å². The number of carbonyl (C=O) groups excluding carboxylic acids is 2. The maximum Gasteiger partial charge on any atom is 0.419 e. The van der Waals surface area contributed by atoms with Gasteiger partial charge in [-0.15, -0.1) is 0 Å². The molecular weight excluding hydrogens is 416 g/mol. The van der Waals surface area contributed by atoms with Gasteiger partial charge in [-0.2, -0.15) is 13.2 Å². The third kappa shape index (κ3) is 3.89. The summed E-state index contributed by atoms with van der Waals surface area (Å²) in [6.07, 6.45) is -2.47. The number of aryl methyl sites for hydroxylation is 1. The van der Waals surface area contributed by atoms with Gasteiger partial charge >= 0.3 is 6.18 Å². The van der Waals surface area contributed by atoms with Crippen molar-refractivity contribution in [1.82, 2.24) is 10.4 Å². The van der Waals surface area contributed by atoms with Crippen LogP contribution in [0.5, 0.6) is 0 Å². The molecule has 2 amide bonds. The third-order valence-corrected chi connectivity index (χ3v) is 6.29. The Morgan fingerprint density at radius 3 is 2.58 bits per heavy atom. The Hall–Kier alpha value is -2.94. The number of hydrogen-bond acceptors (Lipinski definition) is 3. The first-order chi connectivity index (χ1) is 14.6. The first-order valence-electron chi connectivity index (χ1n) is 9.84. The maximum absolute atomic E-state index is 13.9. The van der Waals surface area contributed by atoms with Gasteiger partial charge in [0.05, 0.1) is 11.0 Å². The van der Waals surface area contributed by atoms with Crippen molar-refractivity contribution in [2.45, 2.75) is 38.4 Å². The van der Waals surface area contributed by atoms with Gasteiger partial charge in [0.2, 0.25) is 5.91 Å². The Kier molecular flexibility index (Phi) is 5.25. The van der Waals surface area contributed by atoms with Crippen LogP contribution in [0.4, 0.5) is 17.6 Å². The molecule has 31 heavy (non-hydrogen) atoms. The first kappa shape index (κ1) is 21.3. The molecule has 5 nitrogen and oxygen atoms in total. The lowest BCUT2D eigenvalue weighted by Gasteiger charge is -2.33. The topological polar surface area (TPSA) is 69.6 Å². The van der Waals surface area contributed by atoms with Crippen molar-refractivity contribution in [3.8, 4) is 0 Å². The Balaban J connectivity index is 1.52. The molecular formula is C22H20F4N2O3. The minimum atomic E-state index is -4.77. The molecule has 1 heterocycles. The second-order valence-electron chi connectivity index (χ2n) is 8.17. The highest BCUT2D eigenvalue weighted by Crippen LogP contribution is 2.44. The Morgan fingerprint density at radius 2 is 1.90 bits per heavy atom. The van der Waals surface area contributed by atoms with Gasteiger partial charge in [-0.1, -0.05) is 12.1 Å². The fourth-order valence-corrected chi connectivity index (χ4v) is 4.61. The molecule has 1 fully saturated rings. The van der Waals surface area contributed by atoms with E-state index in [9.17, 15) is 27.2 Å². The van der Waals surface area contributed by atoms with Crippen molar-refractivity contribution in [3.63, 3.8) is 0 Å². The van der Waals surface area contributed by atoms with Gasteiger partial charge in [0.15, 0.2) is 0 Å². The highest BCUT2D eigenvalue weighted by Gasteiger charge is 2.48. The molecule has 164 valence electrons. The maximum atomic E-state index is 13.9. The number of fused-ring (bicyclic) bond motifs is 1. The molecule has 4 rings (SSSR count). The van der Waals surface area contributed by atoms with Gasteiger partial charge in [-0.05, 0) is 66.6 Å². The minimum Gasteiger partial charge on any atom is -0.338 e. The lowest BCUT2D eigenvalue weighted by molar-refractivity contribution is -0.140. The molecule has 1 spiro atoms.